The molecule has 1 atom stereocenters. The summed E-state index contributed by atoms with van der Waals surface area (Å²) in [6.07, 6.45) is 2.17. The molecule has 5 nitrogen and oxygen atoms in total. The van der Waals surface area contributed by atoms with Crippen LogP contribution in [0.5, 0.6) is 5.75 Å². The van der Waals surface area contributed by atoms with Crippen molar-refractivity contribution in [1.82, 2.24) is 10.2 Å². The number of rotatable bonds is 6. The van der Waals surface area contributed by atoms with Crippen LogP contribution >= 0.6 is 0 Å². The van der Waals surface area contributed by atoms with Crippen LogP contribution in [0.2, 0.25) is 0 Å². The number of ether oxygens (including phenoxy) is 1. The van der Waals surface area contributed by atoms with E-state index in [1.807, 2.05) is 60.7 Å². The lowest BCUT2D eigenvalue weighted by atomic mass is 10.1. The zero-order chi connectivity index (χ0) is 18.9. The number of benzene rings is 2. The van der Waals surface area contributed by atoms with E-state index in [0.717, 1.165) is 42.5 Å². The fraction of sp³-hybridized carbons (Fsp3) is 0.381. The fourth-order valence-corrected chi connectivity index (χ4v) is 4.14. The van der Waals surface area contributed by atoms with E-state index >= 15 is 0 Å². The van der Waals surface area contributed by atoms with Gasteiger partial charge in [0.2, 0.25) is 0 Å². The molecule has 6 heteroatoms. The molecule has 2 aromatic carbocycles. The first-order chi connectivity index (χ1) is 13.3. The van der Waals surface area contributed by atoms with Crippen LogP contribution in [0, 0.1) is 0 Å². The van der Waals surface area contributed by atoms with Crippen molar-refractivity contribution in [3.05, 3.63) is 60.7 Å². The monoisotopic (exact) mass is 385 g/mol. The maximum absolute atomic E-state index is 12.3. The summed E-state index contributed by atoms with van der Waals surface area (Å²) in [5.41, 5.74) is 0. The molecule has 0 amide bonds. The van der Waals surface area contributed by atoms with Crippen LogP contribution in [0.25, 0.3) is 0 Å². The number of aliphatic imine (C=N–C) groups is 1. The summed E-state index contributed by atoms with van der Waals surface area (Å²) >= 11 is 0. The predicted molar refractivity (Wildman–Crippen MR) is 111 cm³/mol. The zero-order valence-corrected chi connectivity index (χ0v) is 16.5. The summed E-state index contributed by atoms with van der Waals surface area (Å²) in [6.45, 7) is 2.44. The SMILES string of the molecule is CN=C(NCCS(=O)c1ccccc1)N1CCC(Oc2ccccc2)CC1. The van der Waals surface area contributed by atoms with Crippen molar-refractivity contribution >= 4 is 16.8 Å². The summed E-state index contributed by atoms with van der Waals surface area (Å²) in [4.78, 5) is 7.50. The fourth-order valence-electron chi connectivity index (χ4n) is 3.15. The molecule has 2 aromatic rings. The Kier molecular flexibility index (Phi) is 7.27. The van der Waals surface area contributed by atoms with Crippen molar-refractivity contribution in [2.24, 2.45) is 4.99 Å². The standard InChI is InChI=1S/C21H27N3O2S/c1-22-21(23-14-17-27(25)20-10-6-3-7-11-20)24-15-12-19(13-16-24)26-18-8-4-2-5-9-18/h2-11,19H,12-17H2,1H3,(H,22,23). The molecular formula is C21H27N3O2S. The number of hydrogen-bond donors (Lipinski definition) is 1. The van der Waals surface area contributed by atoms with Crippen LogP contribution in [0.4, 0.5) is 0 Å². The lowest BCUT2D eigenvalue weighted by Gasteiger charge is -2.34. The Morgan fingerprint density at radius 2 is 1.74 bits per heavy atom. The summed E-state index contributed by atoms with van der Waals surface area (Å²) < 4.78 is 18.4. The number of hydrogen-bond acceptors (Lipinski definition) is 3. The molecule has 1 N–H and O–H groups in total. The summed E-state index contributed by atoms with van der Waals surface area (Å²) in [7, 11) is 0.804. The highest BCUT2D eigenvalue weighted by molar-refractivity contribution is 7.85. The molecule has 144 valence electrons. The van der Waals surface area contributed by atoms with Crippen LogP contribution in [-0.2, 0) is 10.8 Å². The first-order valence-electron chi connectivity index (χ1n) is 9.37. The van der Waals surface area contributed by atoms with E-state index in [4.69, 9.17) is 4.74 Å². The Bertz CT molecular complexity index is 745. The van der Waals surface area contributed by atoms with Gasteiger partial charge < -0.3 is 15.0 Å². The Morgan fingerprint density at radius 3 is 2.37 bits per heavy atom. The lowest BCUT2D eigenvalue weighted by Crippen LogP contribution is -2.48. The van der Waals surface area contributed by atoms with Crippen molar-refractivity contribution in [2.75, 3.05) is 32.4 Å². The summed E-state index contributed by atoms with van der Waals surface area (Å²) in [6, 6.07) is 19.6. The lowest BCUT2D eigenvalue weighted by molar-refractivity contribution is 0.129. The van der Waals surface area contributed by atoms with Gasteiger partial charge in [0.1, 0.15) is 11.9 Å². The van der Waals surface area contributed by atoms with E-state index < -0.39 is 10.8 Å². The summed E-state index contributed by atoms with van der Waals surface area (Å²) in [5.74, 6) is 2.37. The third-order valence-corrected chi connectivity index (χ3v) is 5.95. The molecule has 0 spiro atoms. The van der Waals surface area contributed by atoms with Crippen LogP contribution < -0.4 is 10.1 Å². The van der Waals surface area contributed by atoms with E-state index in [-0.39, 0.29) is 6.10 Å². The quantitative estimate of drug-likeness (QED) is 0.614. The normalized spacial score (nSPS) is 16.8. The average molecular weight is 386 g/mol. The number of nitrogens with zero attached hydrogens (tertiary/aromatic N) is 2. The first kappa shape index (κ1) is 19.4. The van der Waals surface area contributed by atoms with E-state index in [2.05, 4.69) is 15.2 Å². The third kappa shape index (κ3) is 5.82. The van der Waals surface area contributed by atoms with Gasteiger partial charge in [-0.3, -0.25) is 9.20 Å². The Morgan fingerprint density at radius 1 is 1.11 bits per heavy atom. The molecule has 0 saturated carbocycles. The molecule has 1 aliphatic rings. The molecule has 1 unspecified atom stereocenters. The van der Waals surface area contributed by atoms with Gasteiger partial charge in [-0.25, -0.2) is 0 Å². The van der Waals surface area contributed by atoms with Gasteiger partial charge >= 0.3 is 0 Å². The molecule has 27 heavy (non-hydrogen) atoms. The first-order valence-corrected chi connectivity index (χ1v) is 10.7. The van der Waals surface area contributed by atoms with E-state index in [0.29, 0.717) is 12.3 Å². The Balaban J connectivity index is 1.42. The Labute approximate surface area is 163 Å². The highest BCUT2D eigenvalue weighted by Gasteiger charge is 2.22. The van der Waals surface area contributed by atoms with Crippen LogP contribution in [-0.4, -0.2) is 53.6 Å². The van der Waals surface area contributed by atoms with Crippen LogP contribution in [0.15, 0.2) is 70.6 Å². The molecular weight excluding hydrogens is 358 g/mol. The van der Waals surface area contributed by atoms with Gasteiger partial charge in [0, 0.05) is 50.2 Å². The molecule has 0 radical (unpaired) electrons. The largest absolute Gasteiger partial charge is 0.490 e. The third-order valence-electron chi connectivity index (χ3n) is 4.58. The van der Waals surface area contributed by atoms with Crippen LogP contribution in [0.1, 0.15) is 12.8 Å². The Hall–Kier alpha value is -2.34. The molecule has 1 saturated heterocycles. The molecule has 0 aromatic heterocycles. The number of likely N-dealkylation sites (tertiary alicyclic amines) is 1. The summed E-state index contributed by atoms with van der Waals surface area (Å²) in [5, 5.41) is 3.35. The van der Waals surface area contributed by atoms with Gasteiger partial charge in [-0.1, -0.05) is 36.4 Å². The second kappa shape index (κ2) is 10.1. The van der Waals surface area contributed by atoms with Gasteiger partial charge in [-0.2, -0.15) is 0 Å². The van der Waals surface area contributed by atoms with Gasteiger partial charge in [-0.15, -0.1) is 0 Å². The van der Waals surface area contributed by atoms with Crippen LogP contribution in [0.3, 0.4) is 0 Å². The van der Waals surface area contributed by atoms with Gasteiger partial charge in [0.05, 0.1) is 10.8 Å². The second-order valence-electron chi connectivity index (χ2n) is 6.45. The number of guanidine groups is 1. The topological polar surface area (TPSA) is 53.9 Å². The van der Waals surface area contributed by atoms with Crippen molar-refractivity contribution in [2.45, 2.75) is 23.8 Å². The van der Waals surface area contributed by atoms with E-state index in [9.17, 15) is 4.21 Å². The molecule has 1 heterocycles. The molecule has 0 aliphatic carbocycles. The molecule has 1 fully saturated rings. The zero-order valence-electron chi connectivity index (χ0n) is 15.7. The maximum atomic E-state index is 12.3. The van der Waals surface area contributed by atoms with Crippen molar-refractivity contribution in [3.63, 3.8) is 0 Å². The average Bonchev–Trinajstić information content (AvgIpc) is 2.73. The van der Waals surface area contributed by atoms with Gasteiger partial charge in [0.15, 0.2) is 5.96 Å². The maximum Gasteiger partial charge on any atom is 0.193 e. The minimum Gasteiger partial charge on any atom is -0.490 e. The van der Waals surface area contributed by atoms with Crippen molar-refractivity contribution in [1.29, 1.82) is 0 Å². The van der Waals surface area contributed by atoms with E-state index in [1.54, 1.807) is 7.05 Å². The van der Waals surface area contributed by atoms with E-state index in [1.165, 1.54) is 0 Å². The van der Waals surface area contributed by atoms with Gasteiger partial charge in [0.25, 0.3) is 0 Å². The highest BCUT2D eigenvalue weighted by Crippen LogP contribution is 2.18. The molecule has 3 rings (SSSR count). The van der Waals surface area contributed by atoms with Crippen molar-refractivity contribution < 1.29 is 8.95 Å². The predicted octanol–water partition coefficient (Wildman–Crippen LogP) is 2.91. The minimum atomic E-state index is -0.991. The number of piperidine rings is 1. The number of nitrogens with one attached hydrogen (secondary N) is 1. The second-order valence-corrected chi connectivity index (χ2v) is 8.02. The highest BCUT2D eigenvalue weighted by atomic mass is 32.2. The molecule has 1 aliphatic heterocycles. The molecule has 0 bridgehead atoms. The smallest absolute Gasteiger partial charge is 0.193 e. The van der Waals surface area contributed by atoms with Crippen molar-refractivity contribution in [3.8, 4) is 5.75 Å². The number of para-hydroxylation sites is 1. The minimum absolute atomic E-state index is 0.243. The van der Waals surface area contributed by atoms with Gasteiger partial charge in [-0.05, 0) is 24.3 Å².